The molecule has 1 rings (SSSR count). The van der Waals surface area contributed by atoms with Crippen molar-refractivity contribution in [2.75, 3.05) is 6.54 Å². The van der Waals surface area contributed by atoms with Crippen LogP contribution in [-0.4, -0.2) is 23.8 Å². The summed E-state index contributed by atoms with van der Waals surface area (Å²) in [6, 6.07) is 0.531. The highest BCUT2D eigenvalue weighted by Gasteiger charge is 2.21. The average molecular weight is 143 g/mol. The Morgan fingerprint density at radius 3 is 2.60 bits per heavy atom. The third-order valence-electron chi connectivity index (χ3n) is 2.21. The highest BCUT2D eigenvalue weighted by atomic mass is 16.3. The molecule has 0 radical (unpaired) electrons. The van der Waals surface area contributed by atoms with Crippen LogP contribution in [0.1, 0.15) is 26.7 Å². The first-order valence-electron chi connectivity index (χ1n) is 4.11. The topological polar surface area (TPSA) is 32.3 Å². The summed E-state index contributed by atoms with van der Waals surface area (Å²) in [4.78, 5) is 0. The van der Waals surface area contributed by atoms with Crippen LogP contribution < -0.4 is 5.32 Å². The minimum absolute atomic E-state index is 0.0614. The summed E-state index contributed by atoms with van der Waals surface area (Å²) >= 11 is 0. The minimum atomic E-state index is -0.0614. The summed E-state index contributed by atoms with van der Waals surface area (Å²) in [6.07, 6.45) is 1.79. The van der Waals surface area contributed by atoms with E-state index in [0.717, 1.165) is 19.4 Å². The molecule has 0 bridgehead atoms. The van der Waals surface area contributed by atoms with Crippen molar-refractivity contribution >= 4 is 0 Å². The van der Waals surface area contributed by atoms with Gasteiger partial charge in [-0.2, -0.15) is 0 Å². The molecule has 2 nitrogen and oxygen atoms in total. The van der Waals surface area contributed by atoms with E-state index < -0.39 is 0 Å². The smallest absolute Gasteiger partial charge is 0.0567 e. The maximum Gasteiger partial charge on any atom is 0.0567 e. The molecule has 1 saturated heterocycles. The van der Waals surface area contributed by atoms with Gasteiger partial charge in [-0.25, -0.2) is 0 Å². The first kappa shape index (κ1) is 8.02. The van der Waals surface area contributed by atoms with Gasteiger partial charge in [0.15, 0.2) is 0 Å². The molecule has 60 valence electrons. The molecule has 0 saturated carbocycles. The molecule has 1 fully saturated rings. The van der Waals surface area contributed by atoms with Gasteiger partial charge in [0.25, 0.3) is 0 Å². The van der Waals surface area contributed by atoms with Crippen molar-refractivity contribution < 1.29 is 5.11 Å². The predicted molar refractivity (Wildman–Crippen MR) is 41.9 cm³/mol. The molecule has 1 aliphatic rings. The molecule has 2 N–H and O–H groups in total. The summed E-state index contributed by atoms with van der Waals surface area (Å²) < 4.78 is 0. The van der Waals surface area contributed by atoms with Crippen LogP contribution in [0.5, 0.6) is 0 Å². The Morgan fingerprint density at radius 1 is 1.50 bits per heavy atom. The second kappa shape index (κ2) is 3.35. The summed E-state index contributed by atoms with van der Waals surface area (Å²) in [5.74, 6) is 0.648. The van der Waals surface area contributed by atoms with Gasteiger partial charge in [0.05, 0.1) is 6.10 Å². The maximum absolute atomic E-state index is 9.29. The number of aliphatic hydroxyl groups excluding tert-OH is 1. The van der Waals surface area contributed by atoms with E-state index in [0.29, 0.717) is 12.0 Å². The van der Waals surface area contributed by atoms with Gasteiger partial charge >= 0.3 is 0 Å². The molecule has 2 heteroatoms. The van der Waals surface area contributed by atoms with Gasteiger partial charge in [0, 0.05) is 6.04 Å². The lowest BCUT2D eigenvalue weighted by Gasteiger charge is -2.29. The van der Waals surface area contributed by atoms with E-state index in [1.807, 2.05) is 0 Å². The zero-order chi connectivity index (χ0) is 7.56. The fraction of sp³-hybridized carbons (Fsp3) is 1.00. The fourth-order valence-electron chi connectivity index (χ4n) is 1.44. The molecule has 0 aromatic heterocycles. The van der Waals surface area contributed by atoms with Crippen LogP contribution >= 0.6 is 0 Å². The monoisotopic (exact) mass is 143 g/mol. The molecular weight excluding hydrogens is 126 g/mol. The fourth-order valence-corrected chi connectivity index (χ4v) is 1.44. The van der Waals surface area contributed by atoms with Gasteiger partial charge in [0.2, 0.25) is 0 Å². The first-order valence-corrected chi connectivity index (χ1v) is 4.11. The number of rotatable bonds is 1. The Labute approximate surface area is 62.6 Å². The van der Waals surface area contributed by atoms with E-state index in [4.69, 9.17) is 0 Å². The number of hydrogen-bond donors (Lipinski definition) is 2. The molecule has 0 spiro atoms. The Bertz CT molecular complexity index is 103. The third kappa shape index (κ3) is 1.96. The van der Waals surface area contributed by atoms with E-state index in [1.54, 1.807) is 0 Å². The zero-order valence-corrected chi connectivity index (χ0v) is 6.80. The molecule has 2 atom stereocenters. The van der Waals surface area contributed by atoms with E-state index >= 15 is 0 Å². The summed E-state index contributed by atoms with van der Waals surface area (Å²) in [6.45, 7) is 5.36. The minimum Gasteiger partial charge on any atom is -0.393 e. The third-order valence-corrected chi connectivity index (χ3v) is 2.21. The summed E-state index contributed by atoms with van der Waals surface area (Å²) in [5.41, 5.74) is 0. The van der Waals surface area contributed by atoms with E-state index in [9.17, 15) is 5.11 Å². The van der Waals surface area contributed by atoms with Crippen molar-refractivity contribution in [3.05, 3.63) is 0 Å². The second-order valence-corrected chi connectivity index (χ2v) is 3.48. The average Bonchev–Trinajstić information content (AvgIpc) is 1.88. The summed E-state index contributed by atoms with van der Waals surface area (Å²) in [5, 5.41) is 12.7. The standard InChI is InChI=1S/C8H17NO/c1-6(2)8-5-7(10)3-4-9-8/h6-10H,3-5H2,1-2H3/t7-,8+/m1/s1. The van der Waals surface area contributed by atoms with Crippen molar-refractivity contribution in [2.45, 2.75) is 38.8 Å². The molecule has 0 aromatic rings. The largest absolute Gasteiger partial charge is 0.393 e. The van der Waals surface area contributed by atoms with Gasteiger partial charge in [0.1, 0.15) is 0 Å². The quantitative estimate of drug-likeness (QED) is 0.568. The second-order valence-electron chi connectivity index (χ2n) is 3.48. The highest BCUT2D eigenvalue weighted by Crippen LogP contribution is 2.14. The van der Waals surface area contributed by atoms with E-state index in [2.05, 4.69) is 19.2 Å². The molecule has 1 aliphatic heterocycles. The van der Waals surface area contributed by atoms with Crippen molar-refractivity contribution in [3.63, 3.8) is 0 Å². The van der Waals surface area contributed by atoms with Crippen LogP contribution in [0.2, 0.25) is 0 Å². The van der Waals surface area contributed by atoms with Gasteiger partial charge in [-0.15, -0.1) is 0 Å². The number of hydrogen-bond acceptors (Lipinski definition) is 2. The number of nitrogens with one attached hydrogen (secondary N) is 1. The highest BCUT2D eigenvalue weighted by molar-refractivity contribution is 4.79. The molecule has 0 amide bonds. The first-order chi connectivity index (χ1) is 4.70. The van der Waals surface area contributed by atoms with Crippen LogP contribution in [0, 0.1) is 5.92 Å². The molecule has 0 aromatic carbocycles. The Hall–Kier alpha value is -0.0800. The molecule has 0 unspecified atom stereocenters. The summed E-state index contributed by atoms with van der Waals surface area (Å²) in [7, 11) is 0. The SMILES string of the molecule is CC(C)[C@@H]1C[C@H](O)CCN1. The Morgan fingerprint density at radius 2 is 2.20 bits per heavy atom. The van der Waals surface area contributed by atoms with Crippen molar-refractivity contribution in [2.24, 2.45) is 5.92 Å². The van der Waals surface area contributed by atoms with Crippen molar-refractivity contribution in [3.8, 4) is 0 Å². The normalized spacial score (nSPS) is 34.8. The van der Waals surface area contributed by atoms with Crippen LogP contribution in [0.3, 0.4) is 0 Å². The van der Waals surface area contributed by atoms with Gasteiger partial charge in [-0.3, -0.25) is 0 Å². The van der Waals surface area contributed by atoms with Crippen LogP contribution in [0.15, 0.2) is 0 Å². The lowest BCUT2D eigenvalue weighted by atomic mass is 9.93. The molecule has 0 aliphatic carbocycles. The van der Waals surface area contributed by atoms with Gasteiger partial charge in [-0.05, 0) is 25.3 Å². The van der Waals surface area contributed by atoms with Crippen LogP contribution in [0.25, 0.3) is 0 Å². The Balaban J connectivity index is 2.32. The molecule has 10 heavy (non-hydrogen) atoms. The molecule has 1 heterocycles. The van der Waals surface area contributed by atoms with Crippen LogP contribution in [-0.2, 0) is 0 Å². The van der Waals surface area contributed by atoms with Crippen molar-refractivity contribution in [1.29, 1.82) is 0 Å². The van der Waals surface area contributed by atoms with E-state index in [1.165, 1.54) is 0 Å². The Kier molecular flexibility index (Phi) is 2.69. The predicted octanol–water partition coefficient (Wildman–Crippen LogP) is 0.755. The van der Waals surface area contributed by atoms with Gasteiger partial charge < -0.3 is 10.4 Å². The van der Waals surface area contributed by atoms with E-state index in [-0.39, 0.29) is 6.10 Å². The van der Waals surface area contributed by atoms with Gasteiger partial charge in [-0.1, -0.05) is 13.8 Å². The van der Waals surface area contributed by atoms with Crippen molar-refractivity contribution in [1.82, 2.24) is 5.32 Å². The lowest BCUT2D eigenvalue weighted by Crippen LogP contribution is -2.43. The van der Waals surface area contributed by atoms with Crippen LogP contribution in [0.4, 0.5) is 0 Å². The lowest BCUT2D eigenvalue weighted by molar-refractivity contribution is 0.105. The molecular formula is C8H17NO. The number of piperidine rings is 1. The zero-order valence-electron chi connectivity index (χ0n) is 6.80. The number of aliphatic hydroxyl groups is 1. The maximum atomic E-state index is 9.29.